The van der Waals surface area contributed by atoms with Crippen molar-refractivity contribution >= 4 is 25.8 Å². The third-order valence-electron chi connectivity index (χ3n) is 4.11. The van der Waals surface area contributed by atoms with Crippen molar-refractivity contribution in [2.45, 2.75) is 19.3 Å². The SMILES string of the molecule is CC(c1ccc(Br)cc1)C1(CN)CCS(=O)(=O)C1. The molecule has 1 fully saturated rings. The van der Waals surface area contributed by atoms with Crippen LogP contribution in [0.3, 0.4) is 0 Å². The summed E-state index contributed by atoms with van der Waals surface area (Å²) >= 11 is 3.41. The maximum absolute atomic E-state index is 11.7. The molecule has 1 heterocycles. The van der Waals surface area contributed by atoms with Crippen molar-refractivity contribution in [2.75, 3.05) is 18.1 Å². The van der Waals surface area contributed by atoms with Gasteiger partial charge in [-0.1, -0.05) is 35.0 Å². The Labute approximate surface area is 117 Å². The van der Waals surface area contributed by atoms with Crippen LogP contribution in [0.4, 0.5) is 0 Å². The van der Waals surface area contributed by atoms with Crippen molar-refractivity contribution < 1.29 is 8.42 Å². The summed E-state index contributed by atoms with van der Waals surface area (Å²) in [7, 11) is -2.92. The number of benzene rings is 1. The van der Waals surface area contributed by atoms with Gasteiger partial charge in [-0.25, -0.2) is 8.42 Å². The number of halogens is 1. The summed E-state index contributed by atoms with van der Waals surface area (Å²) in [5, 5.41) is 0. The molecule has 0 radical (unpaired) electrons. The van der Waals surface area contributed by atoms with Gasteiger partial charge in [-0.2, -0.15) is 0 Å². The summed E-state index contributed by atoms with van der Waals surface area (Å²) in [5.41, 5.74) is 6.74. The summed E-state index contributed by atoms with van der Waals surface area (Å²) in [6, 6.07) is 8.05. The molecule has 3 nitrogen and oxygen atoms in total. The van der Waals surface area contributed by atoms with Crippen LogP contribution in [0.2, 0.25) is 0 Å². The zero-order valence-corrected chi connectivity index (χ0v) is 12.8. The fraction of sp³-hybridized carbons (Fsp3) is 0.538. The molecular formula is C13H18BrNO2S. The van der Waals surface area contributed by atoms with Crippen molar-refractivity contribution in [1.29, 1.82) is 0 Å². The second kappa shape index (κ2) is 4.94. The van der Waals surface area contributed by atoms with Crippen LogP contribution in [0.1, 0.15) is 24.8 Å². The molecule has 18 heavy (non-hydrogen) atoms. The average molecular weight is 332 g/mol. The van der Waals surface area contributed by atoms with Crippen molar-refractivity contribution in [3.05, 3.63) is 34.3 Å². The van der Waals surface area contributed by atoms with Crippen LogP contribution in [0.5, 0.6) is 0 Å². The molecule has 2 atom stereocenters. The molecule has 0 aliphatic carbocycles. The molecule has 1 aromatic rings. The minimum absolute atomic E-state index is 0.160. The molecule has 1 aliphatic rings. The molecule has 0 aromatic heterocycles. The molecule has 1 aromatic carbocycles. The summed E-state index contributed by atoms with van der Waals surface area (Å²) in [5.74, 6) is 0.645. The first-order valence-electron chi connectivity index (χ1n) is 6.04. The standard InChI is InChI=1S/C13H18BrNO2S/c1-10(11-2-4-12(14)5-3-11)13(8-15)6-7-18(16,17)9-13/h2-5,10H,6-9,15H2,1H3. The van der Waals surface area contributed by atoms with Crippen LogP contribution in [-0.2, 0) is 9.84 Å². The Hall–Kier alpha value is -0.390. The molecule has 2 N–H and O–H groups in total. The highest BCUT2D eigenvalue weighted by atomic mass is 79.9. The predicted molar refractivity (Wildman–Crippen MR) is 77.3 cm³/mol. The predicted octanol–water partition coefficient (Wildman–Crippen LogP) is 2.32. The highest BCUT2D eigenvalue weighted by Gasteiger charge is 2.45. The van der Waals surface area contributed by atoms with Gasteiger partial charge in [0.05, 0.1) is 11.5 Å². The molecular weight excluding hydrogens is 314 g/mol. The Morgan fingerprint density at radius 2 is 2.00 bits per heavy atom. The molecule has 0 amide bonds. The van der Waals surface area contributed by atoms with E-state index >= 15 is 0 Å². The Bertz CT molecular complexity index is 526. The third-order valence-corrected chi connectivity index (χ3v) is 6.48. The maximum atomic E-state index is 11.7. The first-order valence-corrected chi connectivity index (χ1v) is 8.66. The molecule has 100 valence electrons. The molecule has 2 rings (SSSR count). The number of hydrogen-bond acceptors (Lipinski definition) is 3. The molecule has 0 spiro atoms. The van der Waals surface area contributed by atoms with Gasteiger partial charge in [-0.15, -0.1) is 0 Å². The van der Waals surface area contributed by atoms with Gasteiger partial charge in [-0.3, -0.25) is 0 Å². The minimum Gasteiger partial charge on any atom is -0.330 e. The Morgan fingerprint density at radius 3 is 2.44 bits per heavy atom. The van der Waals surface area contributed by atoms with E-state index in [0.717, 1.165) is 10.0 Å². The van der Waals surface area contributed by atoms with Crippen molar-refractivity contribution in [3.63, 3.8) is 0 Å². The van der Waals surface area contributed by atoms with E-state index in [9.17, 15) is 8.42 Å². The average Bonchev–Trinajstić information content (AvgIpc) is 2.66. The topological polar surface area (TPSA) is 60.2 Å². The summed E-state index contributed by atoms with van der Waals surface area (Å²) in [6.07, 6.45) is 0.670. The van der Waals surface area contributed by atoms with Gasteiger partial charge in [0, 0.05) is 9.89 Å². The quantitative estimate of drug-likeness (QED) is 0.924. The zero-order chi connectivity index (χ0) is 13.4. The number of rotatable bonds is 3. The maximum Gasteiger partial charge on any atom is 0.150 e. The summed E-state index contributed by atoms with van der Waals surface area (Å²) in [6.45, 7) is 2.50. The lowest BCUT2D eigenvalue weighted by molar-refractivity contribution is 0.286. The Kier molecular flexibility index (Phi) is 3.85. The molecule has 0 bridgehead atoms. The van der Waals surface area contributed by atoms with Crippen LogP contribution >= 0.6 is 15.9 Å². The first-order chi connectivity index (χ1) is 8.38. The van der Waals surface area contributed by atoms with Crippen LogP contribution in [0.25, 0.3) is 0 Å². The van der Waals surface area contributed by atoms with Crippen LogP contribution < -0.4 is 5.73 Å². The van der Waals surface area contributed by atoms with E-state index in [4.69, 9.17) is 5.73 Å². The summed E-state index contributed by atoms with van der Waals surface area (Å²) < 4.78 is 24.5. The normalized spacial score (nSPS) is 28.2. The van der Waals surface area contributed by atoms with Gasteiger partial charge >= 0.3 is 0 Å². The smallest absolute Gasteiger partial charge is 0.150 e. The highest BCUT2D eigenvalue weighted by Crippen LogP contribution is 2.43. The van der Waals surface area contributed by atoms with E-state index in [0.29, 0.717) is 13.0 Å². The van der Waals surface area contributed by atoms with Gasteiger partial charge < -0.3 is 5.73 Å². The monoisotopic (exact) mass is 331 g/mol. The molecule has 1 aliphatic heterocycles. The molecule has 0 saturated carbocycles. The van der Waals surface area contributed by atoms with Gasteiger partial charge in [0.25, 0.3) is 0 Å². The van der Waals surface area contributed by atoms with Crippen LogP contribution in [0, 0.1) is 5.41 Å². The van der Waals surface area contributed by atoms with E-state index < -0.39 is 9.84 Å². The highest BCUT2D eigenvalue weighted by molar-refractivity contribution is 9.10. The van der Waals surface area contributed by atoms with Crippen LogP contribution in [0.15, 0.2) is 28.7 Å². The lowest BCUT2D eigenvalue weighted by atomic mass is 9.73. The van der Waals surface area contributed by atoms with E-state index in [1.807, 2.05) is 24.3 Å². The number of nitrogens with two attached hydrogens (primary N) is 1. The minimum atomic E-state index is -2.92. The Balaban J connectivity index is 2.31. The zero-order valence-electron chi connectivity index (χ0n) is 10.4. The molecule has 5 heteroatoms. The fourth-order valence-electron chi connectivity index (χ4n) is 2.73. The van der Waals surface area contributed by atoms with Gasteiger partial charge in [0.1, 0.15) is 0 Å². The second-order valence-corrected chi connectivity index (χ2v) is 8.28. The lowest BCUT2D eigenvalue weighted by Gasteiger charge is -2.33. The number of sulfone groups is 1. The fourth-order valence-corrected chi connectivity index (χ4v) is 5.24. The van der Waals surface area contributed by atoms with E-state index in [1.54, 1.807) is 0 Å². The second-order valence-electron chi connectivity index (χ2n) is 5.18. The number of hydrogen-bond donors (Lipinski definition) is 1. The van der Waals surface area contributed by atoms with Crippen molar-refractivity contribution in [2.24, 2.45) is 11.1 Å². The lowest BCUT2D eigenvalue weighted by Crippen LogP contribution is -2.36. The first kappa shape index (κ1) is 14.0. The van der Waals surface area contributed by atoms with E-state index in [2.05, 4.69) is 22.9 Å². The van der Waals surface area contributed by atoms with Crippen LogP contribution in [-0.4, -0.2) is 26.5 Å². The van der Waals surface area contributed by atoms with E-state index in [-0.39, 0.29) is 22.8 Å². The third kappa shape index (κ3) is 2.63. The van der Waals surface area contributed by atoms with Crippen molar-refractivity contribution in [3.8, 4) is 0 Å². The molecule has 1 saturated heterocycles. The van der Waals surface area contributed by atoms with Crippen molar-refractivity contribution in [1.82, 2.24) is 0 Å². The summed E-state index contributed by atoms with van der Waals surface area (Å²) in [4.78, 5) is 0. The Morgan fingerprint density at radius 1 is 1.39 bits per heavy atom. The molecule has 2 unspecified atom stereocenters. The van der Waals surface area contributed by atoms with Gasteiger partial charge in [0.2, 0.25) is 0 Å². The largest absolute Gasteiger partial charge is 0.330 e. The van der Waals surface area contributed by atoms with E-state index in [1.165, 1.54) is 0 Å². The van der Waals surface area contributed by atoms with Gasteiger partial charge in [0.15, 0.2) is 9.84 Å². The van der Waals surface area contributed by atoms with Gasteiger partial charge in [-0.05, 0) is 36.6 Å².